The molecule has 3 heteroatoms. The number of benzene rings is 7. The van der Waals surface area contributed by atoms with E-state index in [0.29, 0.717) is 0 Å². The Labute approximate surface area is 252 Å². The van der Waals surface area contributed by atoms with Gasteiger partial charge in [0.1, 0.15) is 11.2 Å². The molecule has 0 spiro atoms. The van der Waals surface area contributed by atoms with Crippen molar-refractivity contribution in [3.05, 3.63) is 152 Å². The van der Waals surface area contributed by atoms with E-state index >= 15 is 0 Å². The van der Waals surface area contributed by atoms with Crippen LogP contribution in [0.4, 0.5) is 17.1 Å². The monoisotopic (exact) mass is 567 g/mol. The van der Waals surface area contributed by atoms with Gasteiger partial charge in [0.15, 0.2) is 0 Å². The van der Waals surface area contributed by atoms with Crippen molar-refractivity contribution in [2.45, 2.75) is 0 Å². The highest BCUT2D eigenvalue weighted by atomic mass is 32.1. The van der Waals surface area contributed by atoms with Crippen molar-refractivity contribution in [1.82, 2.24) is 0 Å². The van der Waals surface area contributed by atoms with Crippen molar-refractivity contribution in [2.75, 3.05) is 4.90 Å². The van der Waals surface area contributed by atoms with Crippen molar-refractivity contribution in [2.24, 2.45) is 0 Å². The first-order valence-corrected chi connectivity index (χ1v) is 15.3. The number of thiophene rings is 1. The maximum absolute atomic E-state index is 6.21. The van der Waals surface area contributed by atoms with Gasteiger partial charge in [-0.2, -0.15) is 0 Å². The Bertz CT molecular complexity index is 2450. The van der Waals surface area contributed by atoms with Crippen LogP contribution in [0.3, 0.4) is 0 Å². The number of furan rings is 1. The van der Waals surface area contributed by atoms with Crippen LogP contribution in [-0.4, -0.2) is 0 Å². The number of para-hydroxylation sites is 1. The SMILES string of the molecule is c1ccc(-c2ccc(N(c3ccc4oc5ccccc5c4c3)c3cccc4ccc5c6ccccc6sc5c34)cc2)cc1. The molecule has 0 bridgehead atoms. The molecule has 0 fully saturated rings. The second-order valence-corrected chi connectivity index (χ2v) is 12.0. The Morgan fingerprint density at radius 2 is 1.19 bits per heavy atom. The highest BCUT2D eigenvalue weighted by molar-refractivity contribution is 7.26. The zero-order chi connectivity index (χ0) is 28.3. The van der Waals surface area contributed by atoms with Crippen LogP contribution >= 0.6 is 11.3 Å². The quantitative estimate of drug-likeness (QED) is 0.210. The highest BCUT2D eigenvalue weighted by Crippen LogP contribution is 2.46. The lowest BCUT2D eigenvalue weighted by atomic mass is 10.0. The molecule has 0 aliphatic heterocycles. The fraction of sp³-hybridized carbons (Fsp3) is 0. The Balaban J connectivity index is 1.32. The molecule has 43 heavy (non-hydrogen) atoms. The van der Waals surface area contributed by atoms with E-state index in [9.17, 15) is 0 Å². The fourth-order valence-electron chi connectivity index (χ4n) is 6.43. The number of hydrogen-bond donors (Lipinski definition) is 0. The normalized spacial score (nSPS) is 11.7. The molecule has 0 radical (unpaired) electrons. The van der Waals surface area contributed by atoms with Gasteiger partial charge in [0.25, 0.3) is 0 Å². The van der Waals surface area contributed by atoms with Crippen LogP contribution in [0.15, 0.2) is 156 Å². The summed E-state index contributed by atoms with van der Waals surface area (Å²) in [6, 6.07) is 54.3. The molecule has 9 aromatic rings. The van der Waals surface area contributed by atoms with Gasteiger partial charge in [0.05, 0.1) is 5.69 Å². The molecule has 0 aliphatic rings. The second-order valence-electron chi connectivity index (χ2n) is 10.9. The molecule has 0 aliphatic carbocycles. The van der Waals surface area contributed by atoms with E-state index in [1.807, 2.05) is 23.5 Å². The topological polar surface area (TPSA) is 16.4 Å². The summed E-state index contributed by atoms with van der Waals surface area (Å²) in [5, 5.41) is 7.36. The lowest BCUT2D eigenvalue weighted by molar-refractivity contribution is 0.669. The first-order chi connectivity index (χ1) is 21.3. The number of anilines is 3. The van der Waals surface area contributed by atoms with Crippen molar-refractivity contribution >= 4 is 81.3 Å². The van der Waals surface area contributed by atoms with E-state index in [4.69, 9.17) is 4.42 Å². The highest BCUT2D eigenvalue weighted by Gasteiger charge is 2.20. The molecular formula is C40H25NOS. The third-order valence-corrected chi connectivity index (χ3v) is 9.66. The van der Waals surface area contributed by atoms with E-state index in [0.717, 1.165) is 39.0 Å². The van der Waals surface area contributed by atoms with Crippen molar-refractivity contribution < 1.29 is 4.42 Å². The first-order valence-electron chi connectivity index (χ1n) is 14.5. The summed E-state index contributed by atoms with van der Waals surface area (Å²) in [7, 11) is 0. The van der Waals surface area contributed by atoms with Gasteiger partial charge in [0, 0.05) is 47.7 Å². The lowest BCUT2D eigenvalue weighted by Gasteiger charge is -2.27. The van der Waals surface area contributed by atoms with E-state index in [1.165, 1.54) is 42.1 Å². The smallest absolute Gasteiger partial charge is 0.135 e. The van der Waals surface area contributed by atoms with Crippen LogP contribution < -0.4 is 4.90 Å². The Morgan fingerprint density at radius 1 is 0.465 bits per heavy atom. The van der Waals surface area contributed by atoms with Gasteiger partial charge < -0.3 is 9.32 Å². The van der Waals surface area contributed by atoms with Crippen LogP contribution in [0, 0.1) is 0 Å². The lowest BCUT2D eigenvalue weighted by Crippen LogP contribution is -2.10. The number of rotatable bonds is 4. The summed E-state index contributed by atoms with van der Waals surface area (Å²) in [5.41, 5.74) is 7.58. The first kappa shape index (κ1) is 24.2. The maximum atomic E-state index is 6.21. The number of nitrogens with zero attached hydrogens (tertiary/aromatic N) is 1. The molecule has 7 aromatic carbocycles. The Hall–Kier alpha value is -5.38. The van der Waals surface area contributed by atoms with Gasteiger partial charge in [-0.25, -0.2) is 0 Å². The van der Waals surface area contributed by atoms with Crippen LogP contribution in [0.25, 0.3) is 64.0 Å². The van der Waals surface area contributed by atoms with Crippen molar-refractivity contribution in [1.29, 1.82) is 0 Å². The molecule has 0 atom stereocenters. The van der Waals surface area contributed by atoms with Gasteiger partial charge in [0.2, 0.25) is 0 Å². The zero-order valence-corrected chi connectivity index (χ0v) is 24.0. The molecule has 2 aromatic heterocycles. The predicted molar refractivity (Wildman–Crippen MR) is 184 cm³/mol. The van der Waals surface area contributed by atoms with Crippen LogP contribution in [0.5, 0.6) is 0 Å². The maximum Gasteiger partial charge on any atom is 0.135 e. The van der Waals surface area contributed by atoms with E-state index < -0.39 is 0 Å². The van der Waals surface area contributed by atoms with E-state index in [-0.39, 0.29) is 0 Å². The zero-order valence-electron chi connectivity index (χ0n) is 23.2. The predicted octanol–water partition coefficient (Wildman–Crippen LogP) is 12.2. The summed E-state index contributed by atoms with van der Waals surface area (Å²) < 4.78 is 8.83. The van der Waals surface area contributed by atoms with Gasteiger partial charge >= 0.3 is 0 Å². The largest absolute Gasteiger partial charge is 0.456 e. The minimum atomic E-state index is 0.897. The Kier molecular flexibility index (Phi) is 5.40. The molecule has 202 valence electrons. The minimum Gasteiger partial charge on any atom is -0.456 e. The summed E-state index contributed by atoms with van der Waals surface area (Å²) in [6.07, 6.45) is 0. The molecular weight excluding hydrogens is 543 g/mol. The molecule has 0 saturated carbocycles. The summed E-state index contributed by atoms with van der Waals surface area (Å²) in [4.78, 5) is 2.40. The van der Waals surface area contributed by atoms with Crippen LogP contribution in [0.2, 0.25) is 0 Å². The molecule has 0 unspecified atom stereocenters. The summed E-state index contributed by atoms with van der Waals surface area (Å²) >= 11 is 1.88. The number of fused-ring (bicyclic) bond motifs is 8. The standard InChI is InChI=1S/C40H25NOS/c1-2-9-26(10-3-1)27-17-20-29(21-18-27)41(30-22-24-37-34(25-30)31-12-4-6-15-36(31)42-37)35-14-8-11-28-19-23-33-32-13-5-7-16-38(32)43-40(33)39(28)35/h1-25H. The van der Waals surface area contributed by atoms with Crippen LogP contribution in [0.1, 0.15) is 0 Å². The number of hydrogen-bond acceptors (Lipinski definition) is 3. The second kappa shape index (κ2) is 9.59. The summed E-state index contributed by atoms with van der Waals surface area (Å²) in [5.74, 6) is 0. The minimum absolute atomic E-state index is 0.897. The average molecular weight is 568 g/mol. The van der Waals surface area contributed by atoms with E-state index in [1.54, 1.807) is 0 Å². The van der Waals surface area contributed by atoms with Gasteiger partial charge in [-0.15, -0.1) is 11.3 Å². The van der Waals surface area contributed by atoms with Crippen LogP contribution in [-0.2, 0) is 0 Å². The summed E-state index contributed by atoms with van der Waals surface area (Å²) in [6.45, 7) is 0. The van der Waals surface area contributed by atoms with Gasteiger partial charge in [-0.3, -0.25) is 0 Å². The van der Waals surface area contributed by atoms with Crippen molar-refractivity contribution in [3.63, 3.8) is 0 Å². The third-order valence-electron chi connectivity index (χ3n) is 8.46. The Morgan fingerprint density at radius 3 is 2.07 bits per heavy atom. The van der Waals surface area contributed by atoms with Crippen molar-refractivity contribution in [3.8, 4) is 11.1 Å². The van der Waals surface area contributed by atoms with Gasteiger partial charge in [-0.05, 0) is 65.0 Å². The molecule has 0 N–H and O–H groups in total. The molecule has 0 amide bonds. The molecule has 2 heterocycles. The van der Waals surface area contributed by atoms with E-state index in [2.05, 4.69) is 144 Å². The fourth-order valence-corrected chi connectivity index (χ4v) is 7.70. The molecule has 9 rings (SSSR count). The molecule has 2 nitrogen and oxygen atoms in total. The average Bonchev–Trinajstić information content (AvgIpc) is 3.64. The molecule has 0 saturated heterocycles. The third kappa shape index (κ3) is 3.86. The van der Waals surface area contributed by atoms with Gasteiger partial charge in [-0.1, -0.05) is 103 Å².